The van der Waals surface area contributed by atoms with Crippen molar-refractivity contribution in [3.8, 4) is 0 Å². The fourth-order valence-electron chi connectivity index (χ4n) is 3.85. The molecule has 3 atom stereocenters. The number of likely N-dealkylation sites (tertiary alicyclic amines) is 1. The highest BCUT2D eigenvalue weighted by Gasteiger charge is 2.41. The first kappa shape index (κ1) is 14.6. The number of carboxylic acids is 1. The quantitative estimate of drug-likeness (QED) is 0.783. The van der Waals surface area contributed by atoms with E-state index in [9.17, 15) is 9.59 Å². The van der Waals surface area contributed by atoms with Gasteiger partial charge in [0.05, 0.1) is 19.1 Å². The molecular weight excluding hydrogens is 270 g/mol. The second-order valence-corrected chi connectivity index (χ2v) is 6.43. The summed E-state index contributed by atoms with van der Waals surface area (Å²) in [5.41, 5.74) is 0. The van der Waals surface area contributed by atoms with Gasteiger partial charge in [-0.25, -0.2) is 0 Å². The zero-order valence-electron chi connectivity index (χ0n) is 12.2. The molecule has 3 aliphatic rings. The third-order valence-electron chi connectivity index (χ3n) is 5.02. The number of hydrogen-bond donors (Lipinski definition) is 1. The topological polar surface area (TPSA) is 66.8 Å². The Morgan fingerprint density at radius 1 is 1.19 bits per heavy atom. The molecule has 5 nitrogen and oxygen atoms in total. The Morgan fingerprint density at radius 2 is 1.95 bits per heavy atom. The number of piperidine rings is 1. The number of carbonyl (C=O) groups is 2. The van der Waals surface area contributed by atoms with Crippen molar-refractivity contribution in [2.45, 2.75) is 38.2 Å². The highest BCUT2D eigenvalue weighted by molar-refractivity contribution is 5.80. The highest BCUT2D eigenvalue weighted by atomic mass is 16.5. The van der Waals surface area contributed by atoms with Gasteiger partial charge in [0, 0.05) is 19.0 Å². The van der Waals surface area contributed by atoms with Crippen LogP contribution in [0.4, 0.5) is 0 Å². The molecule has 1 aliphatic heterocycles. The highest BCUT2D eigenvalue weighted by Crippen LogP contribution is 2.44. The number of amides is 1. The Labute approximate surface area is 124 Å². The number of fused-ring (bicyclic) bond motifs is 2. The van der Waals surface area contributed by atoms with Crippen molar-refractivity contribution in [3.63, 3.8) is 0 Å². The summed E-state index contributed by atoms with van der Waals surface area (Å²) < 4.78 is 5.57. The summed E-state index contributed by atoms with van der Waals surface area (Å²) in [5, 5.41) is 8.59. The van der Waals surface area contributed by atoms with Gasteiger partial charge in [-0.2, -0.15) is 0 Å². The summed E-state index contributed by atoms with van der Waals surface area (Å²) in [6, 6.07) is 0. The van der Waals surface area contributed by atoms with Gasteiger partial charge in [-0.1, -0.05) is 12.2 Å². The van der Waals surface area contributed by atoms with Crippen LogP contribution in [0.2, 0.25) is 0 Å². The molecule has 21 heavy (non-hydrogen) atoms. The lowest BCUT2D eigenvalue weighted by Crippen LogP contribution is -2.44. The van der Waals surface area contributed by atoms with Crippen molar-refractivity contribution in [2.24, 2.45) is 17.8 Å². The van der Waals surface area contributed by atoms with Crippen LogP contribution >= 0.6 is 0 Å². The molecule has 1 heterocycles. The predicted molar refractivity (Wildman–Crippen MR) is 76.7 cm³/mol. The van der Waals surface area contributed by atoms with Crippen LogP contribution in [0.3, 0.4) is 0 Å². The number of carbonyl (C=O) groups excluding carboxylic acids is 1. The van der Waals surface area contributed by atoms with Crippen molar-refractivity contribution in [1.82, 2.24) is 4.90 Å². The van der Waals surface area contributed by atoms with E-state index in [4.69, 9.17) is 9.84 Å². The van der Waals surface area contributed by atoms with Crippen LogP contribution in [0, 0.1) is 17.8 Å². The second-order valence-electron chi connectivity index (χ2n) is 6.43. The smallest absolute Gasteiger partial charge is 0.305 e. The van der Waals surface area contributed by atoms with E-state index in [0.717, 1.165) is 38.8 Å². The van der Waals surface area contributed by atoms with Gasteiger partial charge in [-0.3, -0.25) is 9.59 Å². The maximum atomic E-state index is 12.6. The number of hydrogen-bond acceptors (Lipinski definition) is 3. The molecule has 2 bridgehead atoms. The van der Waals surface area contributed by atoms with Crippen LogP contribution in [0.5, 0.6) is 0 Å². The minimum atomic E-state index is -0.827. The molecule has 0 aromatic heterocycles. The van der Waals surface area contributed by atoms with E-state index in [1.807, 2.05) is 4.90 Å². The molecule has 3 rings (SSSR count). The van der Waals surface area contributed by atoms with Crippen LogP contribution in [0.15, 0.2) is 12.2 Å². The lowest BCUT2D eigenvalue weighted by Gasteiger charge is -2.34. The average Bonchev–Trinajstić information content (AvgIpc) is 3.09. The first-order chi connectivity index (χ1) is 10.1. The van der Waals surface area contributed by atoms with Crippen molar-refractivity contribution in [3.05, 3.63) is 12.2 Å². The Balaban J connectivity index is 1.42. The molecule has 2 aliphatic carbocycles. The minimum absolute atomic E-state index is 0.0522. The van der Waals surface area contributed by atoms with E-state index in [1.54, 1.807) is 0 Å². The number of carboxylic acid groups (broad SMARTS) is 1. The third-order valence-corrected chi connectivity index (χ3v) is 5.02. The number of allylic oxidation sites excluding steroid dienone is 2. The molecule has 3 unspecified atom stereocenters. The predicted octanol–water partition coefficient (Wildman–Crippen LogP) is 1.68. The first-order valence-electron chi connectivity index (χ1n) is 7.94. The van der Waals surface area contributed by atoms with Crippen LogP contribution in [-0.2, 0) is 14.3 Å². The minimum Gasteiger partial charge on any atom is -0.481 e. The molecular formula is C16H23NO4. The molecule has 2 fully saturated rings. The van der Waals surface area contributed by atoms with E-state index in [2.05, 4.69) is 12.2 Å². The number of ether oxygens (including phenoxy) is 1. The summed E-state index contributed by atoms with van der Waals surface area (Å²) in [4.78, 5) is 25.0. The van der Waals surface area contributed by atoms with Gasteiger partial charge in [0.2, 0.25) is 5.91 Å². The maximum Gasteiger partial charge on any atom is 0.305 e. The fraction of sp³-hybridized carbons (Fsp3) is 0.750. The number of rotatable bonds is 5. The van der Waals surface area contributed by atoms with Gasteiger partial charge in [0.1, 0.15) is 0 Å². The summed E-state index contributed by atoms with van der Waals surface area (Å²) in [7, 11) is 0. The molecule has 0 radical (unpaired) electrons. The van der Waals surface area contributed by atoms with E-state index in [1.165, 1.54) is 0 Å². The molecule has 5 heteroatoms. The maximum absolute atomic E-state index is 12.6. The van der Waals surface area contributed by atoms with E-state index >= 15 is 0 Å². The van der Waals surface area contributed by atoms with E-state index < -0.39 is 5.97 Å². The molecule has 1 amide bonds. The number of nitrogens with zero attached hydrogens (tertiary/aromatic N) is 1. The van der Waals surface area contributed by atoms with E-state index in [0.29, 0.717) is 17.7 Å². The largest absolute Gasteiger partial charge is 0.481 e. The van der Waals surface area contributed by atoms with Crippen molar-refractivity contribution in [1.29, 1.82) is 0 Å². The average molecular weight is 293 g/mol. The van der Waals surface area contributed by atoms with Gasteiger partial charge in [0.25, 0.3) is 0 Å². The summed E-state index contributed by atoms with van der Waals surface area (Å²) in [5.74, 6) is 0.778. The zero-order chi connectivity index (χ0) is 14.8. The zero-order valence-corrected chi connectivity index (χ0v) is 12.2. The summed E-state index contributed by atoms with van der Waals surface area (Å²) in [6.45, 7) is 1.76. The molecule has 0 aromatic rings. The van der Waals surface area contributed by atoms with Gasteiger partial charge >= 0.3 is 5.97 Å². The van der Waals surface area contributed by atoms with Gasteiger partial charge < -0.3 is 14.7 Å². The Bertz CT molecular complexity index is 440. The van der Waals surface area contributed by atoms with Crippen LogP contribution in [0.1, 0.15) is 32.1 Å². The molecule has 116 valence electrons. The normalized spacial score (nSPS) is 31.8. The molecule has 1 N–H and O–H groups in total. The fourth-order valence-corrected chi connectivity index (χ4v) is 3.85. The Morgan fingerprint density at radius 3 is 2.52 bits per heavy atom. The van der Waals surface area contributed by atoms with Crippen molar-refractivity contribution >= 4 is 11.9 Å². The third kappa shape index (κ3) is 3.28. The standard InChI is InChI=1S/C16H23NO4/c18-15(19)5-8-21-13-3-6-17(7-4-13)16(20)14-10-11-1-2-12(14)9-11/h1-2,11-14H,3-10H2,(H,18,19). The first-order valence-corrected chi connectivity index (χ1v) is 7.94. The van der Waals surface area contributed by atoms with Crippen LogP contribution < -0.4 is 0 Å². The molecule has 0 aromatic carbocycles. The second kappa shape index (κ2) is 6.18. The van der Waals surface area contributed by atoms with Gasteiger partial charge in [-0.15, -0.1) is 0 Å². The molecule has 1 saturated carbocycles. The van der Waals surface area contributed by atoms with Crippen molar-refractivity contribution in [2.75, 3.05) is 19.7 Å². The summed E-state index contributed by atoms with van der Waals surface area (Å²) >= 11 is 0. The SMILES string of the molecule is O=C(O)CCOC1CCN(C(=O)C2CC3C=CC2C3)CC1. The van der Waals surface area contributed by atoms with Gasteiger partial charge in [0.15, 0.2) is 0 Å². The summed E-state index contributed by atoms with van der Waals surface area (Å²) in [6.07, 6.45) is 8.46. The lowest BCUT2D eigenvalue weighted by atomic mass is 9.91. The van der Waals surface area contributed by atoms with Crippen molar-refractivity contribution < 1.29 is 19.4 Å². The molecule has 0 spiro atoms. The van der Waals surface area contributed by atoms with Crippen LogP contribution in [-0.4, -0.2) is 47.7 Å². The monoisotopic (exact) mass is 293 g/mol. The van der Waals surface area contributed by atoms with Gasteiger partial charge in [-0.05, 0) is 37.5 Å². The van der Waals surface area contributed by atoms with E-state index in [-0.39, 0.29) is 25.0 Å². The Kier molecular flexibility index (Phi) is 4.29. The van der Waals surface area contributed by atoms with Crippen LogP contribution in [0.25, 0.3) is 0 Å². The molecule has 1 saturated heterocycles. The lowest BCUT2D eigenvalue weighted by molar-refractivity contribution is -0.140. The number of aliphatic carboxylic acids is 1. The Hall–Kier alpha value is -1.36.